The van der Waals surface area contributed by atoms with Crippen LogP contribution in [0.4, 0.5) is 10.5 Å². The molecule has 0 bridgehead atoms. The van der Waals surface area contributed by atoms with Crippen LogP contribution < -0.4 is 10.1 Å². The minimum absolute atomic E-state index is 0.152. The maximum Gasteiger partial charge on any atom is 0.411 e. The third-order valence-electron chi connectivity index (χ3n) is 6.89. The van der Waals surface area contributed by atoms with E-state index >= 15 is 0 Å². The fourth-order valence-electron chi connectivity index (χ4n) is 4.97. The second-order valence-electron chi connectivity index (χ2n) is 9.69. The molecule has 2 aromatic carbocycles. The number of aromatic nitrogens is 1. The molecule has 1 saturated carbocycles. The summed E-state index contributed by atoms with van der Waals surface area (Å²) in [5.74, 6) is 0.937. The number of benzene rings is 2. The van der Waals surface area contributed by atoms with Gasteiger partial charge < -0.3 is 18.8 Å². The average molecular weight is 463 g/mol. The Morgan fingerprint density at radius 1 is 1.06 bits per heavy atom. The lowest BCUT2D eigenvalue weighted by Crippen LogP contribution is -2.25. The standard InChI is InChI=1S/C28H34N2O4/c1-18(2)33-28(31)29-21-9-7-20(8-10-21)27-19(3)25-12-11-24(34-23-13-15-32-16-14-23)17-26(25)30(27)22-5-4-6-22/h7-12,17-18,22-23H,4-6,13-16H2,1-3H3,(H,29,31). The molecule has 1 aromatic heterocycles. The van der Waals surface area contributed by atoms with E-state index in [0.29, 0.717) is 6.04 Å². The van der Waals surface area contributed by atoms with Crippen molar-refractivity contribution in [2.45, 2.75) is 71.1 Å². The zero-order valence-corrected chi connectivity index (χ0v) is 20.3. The quantitative estimate of drug-likeness (QED) is 0.435. The van der Waals surface area contributed by atoms with Crippen LogP contribution in [-0.4, -0.2) is 36.1 Å². The number of carbonyl (C=O) groups excluding carboxylic acids is 1. The molecule has 0 radical (unpaired) electrons. The molecule has 2 heterocycles. The van der Waals surface area contributed by atoms with Crippen molar-refractivity contribution in [3.05, 3.63) is 48.0 Å². The molecule has 0 unspecified atom stereocenters. The molecular formula is C28H34N2O4. The number of amides is 1. The maximum absolute atomic E-state index is 12.0. The lowest BCUT2D eigenvalue weighted by molar-refractivity contribution is 0.0256. The average Bonchev–Trinajstić information content (AvgIpc) is 3.05. The van der Waals surface area contributed by atoms with Crippen LogP contribution in [-0.2, 0) is 9.47 Å². The summed E-state index contributed by atoms with van der Waals surface area (Å²) >= 11 is 0. The highest BCUT2D eigenvalue weighted by Crippen LogP contribution is 2.43. The summed E-state index contributed by atoms with van der Waals surface area (Å²) in [5.41, 5.74) is 5.64. The number of fused-ring (bicyclic) bond motifs is 1. The molecular weight excluding hydrogens is 428 g/mol. The lowest BCUT2D eigenvalue weighted by atomic mass is 9.92. The van der Waals surface area contributed by atoms with Gasteiger partial charge in [-0.3, -0.25) is 5.32 Å². The zero-order chi connectivity index (χ0) is 23.7. The molecule has 6 heteroatoms. The Balaban J connectivity index is 1.47. The van der Waals surface area contributed by atoms with E-state index in [1.165, 1.54) is 41.4 Å². The Bertz CT molecular complexity index is 1160. The first-order valence-electron chi connectivity index (χ1n) is 12.5. The number of hydrogen-bond donors (Lipinski definition) is 1. The van der Waals surface area contributed by atoms with Gasteiger partial charge in [0.1, 0.15) is 11.9 Å². The van der Waals surface area contributed by atoms with Crippen LogP contribution >= 0.6 is 0 Å². The number of rotatable bonds is 6. The summed E-state index contributed by atoms with van der Waals surface area (Å²) in [4.78, 5) is 12.0. The Morgan fingerprint density at radius 2 is 1.79 bits per heavy atom. The van der Waals surface area contributed by atoms with Crippen LogP contribution in [0.15, 0.2) is 42.5 Å². The van der Waals surface area contributed by atoms with Crippen LogP contribution in [0.3, 0.4) is 0 Å². The van der Waals surface area contributed by atoms with E-state index in [-0.39, 0.29) is 12.2 Å². The monoisotopic (exact) mass is 462 g/mol. The number of anilines is 1. The Hall–Kier alpha value is -2.99. The van der Waals surface area contributed by atoms with E-state index < -0.39 is 6.09 Å². The van der Waals surface area contributed by atoms with Crippen molar-refractivity contribution in [2.24, 2.45) is 0 Å². The SMILES string of the molecule is Cc1c(-c2ccc(NC(=O)OC(C)C)cc2)n(C2CCC2)c2cc(OC3CCOCC3)ccc12. The fraction of sp³-hybridized carbons (Fsp3) is 0.464. The summed E-state index contributed by atoms with van der Waals surface area (Å²) in [6, 6.07) is 15.1. The van der Waals surface area contributed by atoms with Gasteiger partial charge >= 0.3 is 6.09 Å². The van der Waals surface area contributed by atoms with Crippen molar-refractivity contribution in [1.29, 1.82) is 0 Å². The zero-order valence-electron chi connectivity index (χ0n) is 20.3. The number of hydrogen-bond acceptors (Lipinski definition) is 4. The Labute approximate surface area is 201 Å². The normalized spacial score (nSPS) is 17.1. The van der Waals surface area contributed by atoms with Gasteiger partial charge in [0.05, 0.1) is 30.5 Å². The molecule has 1 amide bonds. The van der Waals surface area contributed by atoms with Gasteiger partial charge in [0.2, 0.25) is 0 Å². The highest BCUT2D eigenvalue weighted by molar-refractivity contribution is 5.93. The smallest absolute Gasteiger partial charge is 0.411 e. The van der Waals surface area contributed by atoms with Crippen molar-refractivity contribution >= 4 is 22.7 Å². The van der Waals surface area contributed by atoms with E-state index in [9.17, 15) is 4.79 Å². The van der Waals surface area contributed by atoms with E-state index in [2.05, 4.69) is 47.1 Å². The van der Waals surface area contributed by atoms with Crippen LogP contribution in [0.25, 0.3) is 22.2 Å². The van der Waals surface area contributed by atoms with Gasteiger partial charge in [-0.2, -0.15) is 0 Å². The van der Waals surface area contributed by atoms with Crippen LogP contribution in [0.1, 0.15) is 57.6 Å². The highest BCUT2D eigenvalue weighted by atomic mass is 16.6. The fourth-order valence-corrected chi connectivity index (χ4v) is 4.97. The van der Waals surface area contributed by atoms with Gasteiger partial charge in [0.25, 0.3) is 0 Å². The van der Waals surface area contributed by atoms with E-state index in [0.717, 1.165) is 43.1 Å². The summed E-state index contributed by atoms with van der Waals surface area (Å²) in [5, 5.41) is 4.07. The largest absolute Gasteiger partial charge is 0.490 e. The van der Waals surface area contributed by atoms with Crippen molar-refractivity contribution in [1.82, 2.24) is 4.57 Å². The Morgan fingerprint density at radius 3 is 2.44 bits per heavy atom. The predicted molar refractivity (Wildman–Crippen MR) is 135 cm³/mol. The molecule has 1 aliphatic heterocycles. The van der Waals surface area contributed by atoms with Crippen LogP contribution in [0, 0.1) is 6.92 Å². The van der Waals surface area contributed by atoms with Gasteiger partial charge in [-0.05, 0) is 75.4 Å². The molecule has 180 valence electrons. The van der Waals surface area contributed by atoms with E-state index in [1.54, 1.807) is 0 Å². The number of nitrogens with one attached hydrogen (secondary N) is 1. The third kappa shape index (κ3) is 4.64. The number of ether oxygens (including phenoxy) is 3. The van der Waals surface area contributed by atoms with Gasteiger partial charge in [0, 0.05) is 36.0 Å². The first kappa shape index (κ1) is 22.8. The minimum Gasteiger partial charge on any atom is -0.490 e. The summed E-state index contributed by atoms with van der Waals surface area (Å²) in [6.07, 6.45) is 5.18. The molecule has 34 heavy (non-hydrogen) atoms. The molecule has 2 aliphatic rings. The molecule has 1 saturated heterocycles. The number of aryl methyl sites for hydroxylation is 1. The van der Waals surface area contributed by atoms with Crippen molar-refractivity contribution in [2.75, 3.05) is 18.5 Å². The molecule has 2 fully saturated rings. The second kappa shape index (κ2) is 9.71. The summed E-state index contributed by atoms with van der Waals surface area (Å²) in [7, 11) is 0. The topological polar surface area (TPSA) is 61.7 Å². The number of nitrogens with zero attached hydrogens (tertiary/aromatic N) is 1. The van der Waals surface area contributed by atoms with Gasteiger partial charge in [-0.1, -0.05) is 12.1 Å². The molecule has 0 atom stereocenters. The molecule has 6 nitrogen and oxygen atoms in total. The van der Waals surface area contributed by atoms with Gasteiger partial charge in [-0.25, -0.2) is 4.79 Å². The molecule has 1 aliphatic carbocycles. The predicted octanol–water partition coefficient (Wildman–Crippen LogP) is 6.86. The molecule has 1 N–H and O–H groups in total. The van der Waals surface area contributed by atoms with Gasteiger partial charge in [-0.15, -0.1) is 0 Å². The molecule has 3 aromatic rings. The van der Waals surface area contributed by atoms with Crippen molar-refractivity contribution < 1.29 is 19.0 Å². The Kier molecular flexibility index (Phi) is 6.50. The molecule has 0 spiro atoms. The third-order valence-corrected chi connectivity index (χ3v) is 6.89. The second-order valence-corrected chi connectivity index (χ2v) is 9.69. The van der Waals surface area contributed by atoms with E-state index in [1.807, 2.05) is 26.0 Å². The van der Waals surface area contributed by atoms with Crippen LogP contribution in [0.5, 0.6) is 5.75 Å². The number of carbonyl (C=O) groups is 1. The first-order chi connectivity index (χ1) is 16.5. The lowest BCUT2D eigenvalue weighted by Gasteiger charge is -2.30. The van der Waals surface area contributed by atoms with Gasteiger partial charge in [0.15, 0.2) is 0 Å². The summed E-state index contributed by atoms with van der Waals surface area (Å²) in [6.45, 7) is 7.43. The van der Waals surface area contributed by atoms with Crippen molar-refractivity contribution in [3.8, 4) is 17.0 Å². The maximum atomic E-state index is 12.0. The summed E-state index contributed by atoms with van der Waals surface area (Å²) < 4.78 is 19.5. The van der Waals surface area contributed by atoms with Crippen molar-refractivity contribution in [3.63, 3.8) is 0 Å². The molecule has 5 rings (SSSR count). The minimum atomic E-state index is -0.431. The van der Waals surface area contributed by atoms with Crippen LogP contribution in [0.2, 0.25) is 0 Å². The first-order valence-corrected chi connectivity index (χ1v) is 12.5. The van der Waals surface area contributed by atoms with E-state index in [4.69, 9.17) is 14.2 Å². The highest BCUT2D eigenvalue weighted by Gasteiger charge is 2.27.